The van der Waals surface area contributed by atoms with Gasteiger partial charge in [0.1, 0.15) is 5.69 Å². The molecule has 1 heterocycles. The summed E-state index contributed by atoms with van der Waals surface area (Å²) in [6, 6.07) is 2.00. The molecule has 0 aliphatic carbocycles. The van der Waals surface area contributed by atoms with Gasteiger partial charge in [-0.25, -0.2) is 0 Å². The molecule has 0 spiro atoms. The molecule has 0 unspecified atom stereocenters. The van der Waals surface area contributed by atoms with E-state index in [0.717, 1.165) is 5.69 Å². The summed E-state index contributed by atoms with van der Waals surface area (Å²) in [7, 11) is 1.79. The summed E-state index contributed by atoms with van der Waals surface area (Å²) in [5.41, 5.74) is 1.57. The van der Waals surface area contributed by atoms with E-state index < -0.39 is 0 Å². The van der Waals surface area contributed by atoms with Crippen molar-refractivity contribution in [1.82, 2.24) is 15.1 Å². The minimum Gasteiger partial charge on any atom is -0.349 e. The first-order chi connectivity index (χ1) is 6.91. The zero-order valence-corrected chi connectivity index (χ0v) is 10.0. The molecule has 0 atom stereocenters. The average Bonchev–Trinajstić information content (AvgIpc) is 2.46. The van der Waals surface area contributed by atoms with Crippen LogP contribution in [0.5, 0.6) is 0 Å². The number of hydrogen-bond acceptors (Lipinski definition) is 2. The minimum atomic E-state index is -0.0631. The number of carbonyl (C=O) groups excluding carboxylic acids is 1. The summed E-state index contributed by atoms with van der Waals surface area (Å²) in [6.45, 7) is 8.01. The van der Waals surface area contributed by atoms with Crippen molar-refractivity contribution in [3.05, 3.63) is 17.5 Å². The maximum Gasteiger partial charge on any atom is 0.269 e. The van der Waals surface area contributed by atoms with Gasteiger partial charge in [0.15, 0.2) is 0 Å². The van der Waals surface area contributed by atoms with Crippen molar-refractivity contribution in [2.24, 2.45) is 7.05 Å². The van der Waals surface area contributed by atoms with Gasteiger partial charge in [0.05, 0.1) is 5.69 Å². The molecule has 1 aromatic rings. The van der Waals surface area contributed by atoms with Gasteiger partial charge in [-0.05, 0) is 25.8 Å². The molecule has 84 valence electrons. The van der Waals surface area contributed by atoms with Gasteiger partial charge in [-0.15, -0.1) is 0 Å². The third-order valence-corrected chi connectivity index (χ3v) is 2.14. The van der Waals surface area contributed by atoms with Crippen LogP contribution in [-0.4, -0.2) is 21.7 Å². The molecule has 0 saturated carbocycles. The summed E-state index contributed by atoms with van der Waals surface area (Å²) in [5, 5.41) is 7.15. The Balaban J connectivity index is 2.89. The topological polar surface area (TPSA) is 46.9 Å². The maximum absolute atomic E-state index is 11.7. The van der Waals surface area contributed by atoms with Gasteiger partial charge >= 0.3 is 0 Å². The molecular weight excluding hydrogens is 190 g/mol. The number of aromatic nitrogens is 2. The van der Waals surface area contributed by atoms with Crippen molar-refractivity contribution in [3.8, 4) is 0 Å². The zero-order chi connectivity index (χ0) is 11.6. The molecule has 0 aliphatic rings. The Bertz CT molecular complexity index is 353. The highest BCUT2D eigenvalue weighted by Gasteiger charge is 2.15. The first-order valence-corrected chi connectivity index (χ1v) is 5.26. The van der Waals surface area contributed by atoms with Crippen LogP contribution < -0.4 is 5.32 Å². The van der Waals surface area contributed by atoms with Gasteiger partial charge in [-0.3, -0.25) is 9.48 Å². The molecule has 15 heavy (non-hydrogen) atoms. The lowest BCUT2D eigenvalue weighted by Crippen LogP contribution is -2.31. The van der Waals surface area contributed by atoms with E-state index >= 15 is 0 Å². The van der Waals surface area contributed by atoms with E-state index in [1.54, 1.807) is 11.7 Å². The van der Waals surface area contributed by atoms with Crippen molar-refractivity contribution < 1.29 is 4.79 Å². The molecule has 0 bridgehead atoms. The lowest BCUT2D eigenvalue weighted by atomic mass is 10.1. The first kappa shape index (κ1) is 11.8. The quantitative estimate of drug-likeness (QED) is 0.823. The Labute approximate surface area is 90.7 Å². The van der Waals surface area contributed by atoms with E-state index in [1.165, 1.54) is 0 Å². The molecule has 0 radical (unpaired) electrons. The second kappa shape index (κ2) is 4.47. The van der Waals surface area contributed by atoms with E-state index in [2.05, 4.69) is 24.3 Å². The fourth-order valence-electron chi connectivity index (χ4n) is 1.32. The highest BCUT2D eigenvalue weighted by Crippen LogP contribution is 2.13. The molecule has 1 rings (SSSR count). The van der Waals surface area contributed by atoms with Crippen molar-refractivity contribution in [2.75, 3.05) is 0 Å². The van der Waals surface area contributed by atoms with Gasteiger partial charge in [0, 0.05) is 13.1 Å². The van der Waals surface area contributed by atoms with Crippen LogP contribution in [0.3, 0.4) is 0 Å². The lowest BCUT2D eigenvalue weighted by Gasteiger charge is -2.07. The Hall–Kier alpha value is -1.32. The number of hydrogen-bond donors (Lipinski definition) is 1. The largest absolute Gasteiger partial charge is 0.349 e. The Morgan fingerprint density at radius 2 is 2.00 bits per heavy atom. The fraction of sp³-hybridized carbons (Fsp3) is 0.636. The molecule has 0 aromatic carbocycles. The summed E-state index contributed by atoms with van der Waals surface area (Å²) >= 11 is 0. The second-order valence-electron chi connectivity index (χ2n) is 4.36. The molecule has 0 aliphatic heterocycles. The van der Waals surface area contributed by atoms with Crippen molar-refractivity contribution in [3.63, 3.8) is 0 Å². The lowest BCUT2D eigenvalue weighted by molar-refractivity contribution is 0.0933. The SMILES string of the molecule is CC(C)NC(=O)c1cc(C(C)C)nn1C. The third-order valence-electron chi connectivity index (χ3n) is 2.14. The highest BCUT2D eigenvalue weighted by molar-refractivity contribution is 5.92. The van der Waals surface area contributed by atoms with E-state index in [-0.39, 0.29) is 11.9 Å². The standard InChI is InChI=1S/C11H19N3O/c1-7(2)9-6-10(14(5)13-9)11(15)12-8(3)4/h6-8H,1-5H3,(H,12,15). The smallest absolute Gasteiger partial charge is 0.269 e. The van der Waals surface area contributed by atoms with Crippen LogP contribution in [0.15, 0.2) is 6.07 Å². The van der Waals surface area contributed by atoms with Gasteiger partial charge in [0.2, 0.25) is 0 Å². The molecule has 1 amide bonds. The molecule has 1 N–H and O–H groups in total. The number of amides is 1. The van der Waals surface area contributed by atoms with Crippen molar-refractivity contribution in [1.29, 1.82) is 0 Å². The number of nitrogens with zero attached hydrogens (tertiary/aromatic N) is 2. The summed E-state index contributed by atoms with van der Waals surface area (Å²) in [6.07, 6.45) is 0. The molecule has 4 heteroatoms. The predicted molar refractivity (Wildman–Crippen MR) is 59.9 cm³/mol. The second-order valence-corrected chi connectivity index (χ2v) is 4.36. The number of rotatable bonds is 3. The normalized spacial score (nSPS) is 11.1. The van der Waals surface area contributed by atoms with Crippen LogP contribution >= 0.6 is 0 Å². The third kappa shape index (κ3) is 2.81. The Morgan fingerprint density at radius 1 is 1.40 bits per heavy atom. The van der Waals surface area contributed by atoms with E-state index in [1.807, 2.05) is 19.9 Å². The van der Waals surface area contributed by atoms with Crippen molar-refractivity contribution >= 4 is 5.91 Å². The van der Waals surface area contributed by atoms with E-state index in [9.17, 15) is 4.79 Å². The van der Waals surface area contributed by atoms with Crippen LogP contribution in [-0.2, 0) is 7.05 Å². The zero-order valence-electron chi connectivity index (χ0n) is 10.0. The minimum absolute atomic E-state index is 0.0631. The number of aryl methyl sites for hydroxylation is 1. The molecule has 1 aromatic heterocycles. The van der Waals surface area contributed by atoms with Gasteiger partial charge in [-0.2, -0.15) is 5.10 Å². The van der Waals surface area contributed by atoms with Gasteiger partial charge in [0.25, 0.3) is 5.91 Å². The molecular formula is C11H19N3O. The van der Waals surface area contributed by atoms with Crippen LogP contribution in [0, 0.1) is 0 Å². The Kier molecular flexibility index (Phi) is 3.50. The summed E-state index contributed by atoms with van der Waals surface area (Å²) in [5.74, 6) is 0.281. The number of carbonyl (C=O) groups is 1. The summed E-state index contributed by atoms with van der Waals surface area (Å²) < 4.78 is 1.63. The predicted octanol–water partition coefficient (Wildman–Crippen LogP) is 1.68. The Morgan fingerprint density at radius 3 is 2.40 bits per heavy atom. The molecule has 0 saturated heterocycles. The molecule has 4 nitrogen and oxygen atoms in total. The number of nitrogens with one attached hydrogen (secondary N) is 1. The monoisotopic (exact) mass is 209 g/mol. The summed E-state index contributed by atoms with van der Waals surface area (Å²) in [4.78, 5) is 11.7. The fourth-order valence-corrected chi connectivity index (χ4v) is 1.32. The first-order valence-electron chi connectivity index (χ1n) is 5.26. The van der Waals surface area contributed by atoms with Crippen LogP contribution in [0.25, 0.3) is 0 Å². The van der Waals surface area contributed by atoms with Crippen LogP contribution in [0.2, 0.25) is 0 Å². The maximum atomic E-state index is 11.7. The van der Waals surface area contributed by atoms with E-state index in [4.69, 9.17) is 0 Å². The van der Waals surface area contributed by atoms with Crippen molar-refractivity contribution in [2.45, 2.75) is 39.7 Å². The average molecular weight is 209 g/mol. The van der Waals surface area contributed by atoms with Gasteiger partial charge < -0.3 is 5.32 Å². The van der Waals surface area contributed by atoms with Crippen LogP contribution in [0.4, 0.5) is 0 Å². The molecule has 0 fully saturated rings. The van der Waals surface area contributed by atoms with E-state index in [0.29, 0.717) is 11.6 Å². The van der Waals surface area contributed by atoms with Crippen LogP contribution in [0.1, 0.15) is 49.8 Å². The van der Waals surface area contributed by atoms with Gasteiger partial charge in [-0.1, -0.05) is 13.8 Å². The highest BCUT2D eigenvalue weighted by atomic mass is 16.2.